The molecule has 0 atom stereocenters. The van der Waals surface area contributed by atoms with Gasteiger partial charge in [0, 0.05) is 18.2 Å². The molecule has 1 aromatic heterocycles. The number of fused-ring (bicyclic) bond motifs is 1. The molecule has 0 radical (unpaired) electrons. The molecule has 124 valence electrons. The summed E-state index contributed by atoms with van der Waals surface area (Å²) in [6.45, 7) is 0. The van der Waals surface area contributed by atoms with Crippen LogP contribution in [0.1, 0.15) is 0 Å². The van der Waals surface area contributed by atoms with Gasteiger partial charge in [-0.25, -0.2) is 0 Å². The summed E-state index contributed by atoms with van der Waals surface area (Å²) in [5, 5.41) is 10.1. The van der Waals surface area contributed by atoms with Crippen LogP contribution in [0.25, 0.3) is 22.3 Å². The molecule has 0 saturated heterocycles. The third-order valence-electron chi connectivity index (χ3n) is 3.69. The van der Waals surface area contributed by atoms with E-state index in [1.165, 1.54) is 33.5 Å². The summed E-state index contributed by atoms with van der Waals surface area (Å²) in [4.78, 5) is 12.4. The van der Waals surface area contributed by atoms with Crippen molar-refractivity contribution < 1.29 is 23.7 Å². The van der Waals surface area contributed by atoms with Crippen LogP contribution < -0.4 is 19.6 Å². The molecule has 0 saturated carbocycles. The minimum atomic E-state index is -0.365. The van der Waals surface area contributed by atoms with Gasteiger partial charge in [-0.2, -0.15) is 0 Å². The van der Waals surface area contributed by atoms with Crippen LogP contribution in [0.15, 0.2) is 45.6 Å². The topological polar surface area (TPSA) is 78.1 Å². The maximum Gasteiger partial charge on any atom is 0.197 e. The van der Waals surface area contributed by atoms with Crippen LogP contribution in [0.4, 0.5) is 0 Å². The first-order valence-corrected chi connectivity index (χ1v) is 7.15. The zero-order valence-electron chi connectivity index (χ0n) is 13.5. The van der Waals surface area contributed by atoms with Gasteiger partial charge in [-0.1, -0.05) is 6.07 Å². The molecule has 3 rings (SSSR count). The van der Waals surface area contributed by atoms with Gasteiger partial charge in [-0.05, 0) is 12.1 Å². The van der Waals surface area contributed by atoms with Crippen molar-refractivity contribution >= 4 is 11.0 Å². The van der Waals surface area contributed by atoms with E-state index in [0.29, 0.717) is 28.6 Å². The molecule has 0 unspecified atom stereocenters. The molecule has 0 aliphatic rings. The Morgan fingerprint density at radius 1 is 1.00 bits per heavy atom. The first-order valence-electron chi connectivity index (χ1n) is 7.15. The summed E-state index contributed by atoms with van der Waals surface area (Å²) in [5.41, 5.74) is 0.425. The van der Waals surface area contributed by atoms with E-state index in [1.807, 2.05) is 0 Å². The first kappa shape index (κ1) is 15.7. The molecule has 3 aromatic rings. The number of hydrogen-bond acceptors (Lipinski definition) is 6. The molecule has 1 heterocycles. The number of phenolic OH excluding ortho intramolecular Hbond substituents is 1. The number of phenols is 1. The molecule has 0 aliphatic carbocycles. The van der Waals surface area contributed by atoms with Gasteiger partial charge >= 0.3 is 0 Å². The molecule has 0 fully saturated rings. The van der Waals surface area contributed by atoms with Crippen LogP contribution in [0, 0.1) is 0 Å². The van der Waals surface area contributed by atoms with Gasteiger partial charge in [-0.3, -0.25) is 4.79 Å². The number of benzene rings is 2. The second-order valence-corrected chi connectivity index (χ2v) is 5.04. The predicted octanol–water partition coefficient (Wildman–Crippen LogP) is 3.19. The van der Waals surface area contributed by atoms with Crippen LogP contribution in [0.2, 0.25) is 0 Å². The van der Waals surface area contributed by atoms with Crippen LogP contribution in [-0.2, 0) is 0 Å². The highest BCUT2D eigenvalue weighted by atomic mass is 16.5. The van der Waals surface area contributed by atoms with E-state index in [1.54, 1.807) is 24.3 Å². The van der Waals surface area contributed by atoms with Crippen molar-refractivity contribution in [2.24, 2.45) is 0 Å². The Labute approximate surface area is 137 Å². The molecular formula is C18H16O6. The van der Waals surface area contributed by atoms with Crippen molar-refractivity contribution in [1.82, 2.24) is 0 Å². The summed E-state index contributed by atoms with van der Waals surface area (Å²) < 4.78 is 21.6. The number of aromatic hydroxyl groups is 1. The van der Waals surface area contributed by atoms with Gasteiger partial charge in [0.25, 0.3) is 0 Å². The largest absolute Gasteiger partial charge is 0.507 e. The number of rotatable bonds is 4. The highest BCUT2D eigenvalue weighted by Crippen LogP contribution is 2.39. The quantitative estimate of drug-likeness (QED) is 0.792. The lowest BCUT2D eigenvalue weighted by molar-refractivity contribution is 0.355. The Morgan fingerprint density at radius 2 is 1.79 bits per heavy atom. The number of para-hydroxylation sites is 1. The van der Waals surface area contributed by atoms with E-state index in [9.17, 15) is 9.90 Å². The standard InChI is InChI=1S/C18H16O6/c1-21-10-7-12(19)17-13(20)9-15(24-16(17)8-10)11-5-4-6-14(22-2)18(11)23-3/h4-9,19H,1-3H3. The van der Waals surface area contributed by atoms with E-state index in [-0.39, 0.29) is 22.1 Å². The minimum Gasteiger partial charge on any atom is -0.507 e. The van der Waals surface area contributed by atoms with Gasteiger partial charge in [-0.15, -0.1) is 0 Å². The number of ether oxygens (including phenoxy) is 3. The highest BCUT2D eigenvalue weighted by molar-refractivity contribution is 5.86. The third kappa shape index (κ3) is 2.52. The summed E-state index contributed by atoms with van der Waals surface area (Å²) in [5.74, 6) is 1.47. The first-order chi connectivity index (χ1) is 11.6. The van der Waals surface area contributed by atoms with E-state index in [2.05, 4.69) is 0 Å². The van der Waals surface area contributed by atoms with Gasteiger partial charge in [0.2, 0.25) is 0 Å². The van der Waals surface area contributed by atoms with Gasteiger partial charge < -0.3 is 23.7 Å². The molecule has 0 spiro atoms. The summed E-state index contributed by atoms with van der Waals surface area (Å²) in [6, 6.07) is 9.50. The van der Waals surface area contributed by atoms with Crippen molar-refractivity contribution in [2.75, 3.05) is 21.3 Å². The fourth-order valence-corrected chi connectivity index (χ4v) is 2.58. The van der Waals surface area contributed by atoms with Crippen LogP contribution in [0.5, 0.6) is 23.0 Å². The molecule has 0 aliphatic heterocycles. The van der Waals surface area contributed by atoms with Crippen LogP contribution in [0.3, 0.4) is 0 Å². The van der Waals surface area contributed by atoms with Gasteiger partial charge in [0.05, 0.1) is 26.9 Å². The molecule has 1 N–H and O–H groups in total. The molecule has 0 bridgehead atoms. The molecule has 0 amide bonds. The monoisotopic (exact) mass is 328 g/mol. The van der Waals surface area contributed by atoms with Crippen molar-refractivity contribution in [1.29, 1.82) is 0 Å². The predicted molar refractivity (Wildman–Crippen MR) is 89.2 cm³/mol. The average Bonchev–Trinajstić information content (AvgIpc) is 2.59. The fourth-order valence-electron chi connectivity index (χ4n) is 2.58. The van der Waals surface area contributed by atoms with Crippen molar-refractivity contribution in [3.8, 4) is 34.3 Å². The lowest BCUT2D eigenvalue weighted by Crippen LogP contribution is -2.02. The summed E-state index contributed by atoms with van der Waals surface area (Å²) in [7, 11) is 4.50. The van der Waals surface area contributed by atoms with E-state index in [0.717, 1.165) is 0 Å². The van der Waals surface area contributed by atoms with Crippen molar-refractivity contribution in [3.63, 3.8) is 0 Å². The average molecular weight is 328 g/mol. The minimum absolute atomic E-state index is 0.0985. The number of hydrogen-bond donors (Lipinski definition) is 1. The third-order valence-corrected chi connectivity index (χ3v) is 3.69. The zero-order valence-corrected chi connectivity index (χ0v) is 13.5. The van der Waals surface area contributed by atoms with Crippen molar-refractivity contribution in [2.45, 2.75) is 0 Å². The van der Waals surface area contributed by atoms with Crippen molar-refractivity contribution in [3.05, 3.63) is 46.6 Å². The smallest absolute Gasteiger partial charge is 0.197 e. The Balaban J connectivity index is 2.31. The normalized spacial score (nSPS) is 10.6. The summed E-state index contributed by atoms with van der Waals surface area (Å²) in [6.07, 6.45) is 0. The molecule has 6 nitrogen and oxygen atoms in total. The second kappa shape index (κ2) is 6.16. The summed E-state index contributed by atoms with van der Waals surface area (Å²) >= 11 is 0. The molecule has 6 heteroatoms. The highest BCUT2D eigenvalue weighted by Gasteiger charge is 2.17. The van der Waals surface area contributed by atoms with Crippen LogP contribution >= 0.6 is 0 Å². The van der Waals surface area contributed by atoms with Crippen LogP contribution in [-0.4, -0.2) is 26.4 Å². The lowest BCUT2D eigenvalue weighted by atomic mass is 10.1. The maximum atomic E-state index is 12.4. The Hall–Kier alpha value is -3.15. The molecule has 2 aromatic carbocycles. The Bertz CT molecular complexity index is 958. The number of methoxy groups -OCH3 is 3. The molecule has 24 heavy (non-hydrogen) atoms. The lowest BCUT2D eigenvalue weighted by Gasteiger charge is -2.12. The second-order valence-electron chi connectivity index (χ2n) is 5.04. The van der Waals surface area contributed by atoms with Gasteiger partial charge in [0.15, 0.2) is 16.9 Å². The van der Waals surface area contributed by atoms with E-state index < -0.39 is 0 Å². The fraction of sp³-hybridized carbons (Fsp3) is 0.167. The SMILES string of the molecule is COc1cc(O)c2c(=O)cc(-c3cccc(OC)c3OC)oc2c1. The zero-order chi connectivity index (χ0) is 17.3. The van der Waals surface area contributed by atoms with Gasteiger partial charge in [0.1, 0.15) is 28.2 Å². The van der Waals surface area contributed by atoms with E-state index in [4.69, 9.17) is 18.6 Å². The Morgan fingerprint density at radius 3 is 2.46 bits per heavy atom. The molecular weight excluding hydrogens is 312 g/mol. The Kier molecular flexibility index (Phi) is 4.04. The van der Waals surface area contributed by atoms with E-state index >= 15 is 0 Å². The maximum absolute atomic E-state index is 12.4.